The van der Waals surface area contributed by atoms with Crippen LogP contribution in [0.15, 0.2) is 24.3 Å². The van der Waals surface area contributed by atoms with Crippen molar-refractivity contribution >= 4 is 17.2 Å². The Morgan fingerprint density at radius 3 is 2.29 bits per heavy atom. The van der Waals surface area contributed by atoms with E-state index in [2.05, 4.69) is 10.3 Å². The number of thiazole rings is 1. The highest BCUT2D eigenvalue weighted by molar-refractivity contribution is 7.13. The van der Waals surface area contributed by atoms with Crippen LogP contribution < -0.4 is 5.32 Å². The lowest BCUT2D eigenvalue weighted by Gasteiger charge is -2.22. The van der Waals surface area contributed by atoms with Gasteiger partial charge >= 0.3 is 12.4 Å². The van der Waals surface area contributed by atoms with Crippen molar-refractivity contribution in [2.45, 2.75) is 50.5 Å². The first kappa shape index (κ1) is 20.6. The first-order valence-electron chi connectivity index (χ1n) is 8.49. The summed E-state index contributed by atoms with van der Waals surface area (Å²) < 4.78 is 77.4. The molecule has 0 bridgehead atoms. The molecule has 1 amide bonds. The smallest absolute Gasteiger partial charge is 0.348 e. The van der Waals surface area contributed by atoms with Crippen LogP contribution in [0, 0.1) is 6.92 Å². The van der Waals surface area contributed by atoms with Gasteiger partial charge in [-0.3, -0.25) is 4.79 Å². The van der Waals surface area contributed by atoms with E-state index in [4.69, 9.17) is 0 Å². The van der Waals surface area contributed by atoms with Crippen molar-refractivity contribution in [3.05, 3.63) is 51.0 Å². The third-order valence-corrected chi connectivity index (χ3v) is 5.68. The van der Waals surface area contributed by atoms with Gasteiger partial charge < -0.3 is 5.32 Å². The standard InChI is InChI=1S/C18H16F6N2OS/c1-9-25-15(18(22,23)24)14(28-9)16(27)26-13-4-2-3-12(13)10-5-7-11(8-6-10)17(19,20)21/h5-8,12-13H,2-4H2,1H3,(H,26,27). The number of hydrogen-bond acceptors (Lipinski definition) is 3. The number of amides is 1. The van der Waals surface area contributed by atoms with E-state index >= 15 is 0 Å². The molecule has 28 heavy (non-hydrogen) atoms. The van der Waals surface area contributed by atoms with Crippen LogP contribution in [0.4, 0.5) is 26.3 Å². The van der Waals surface area contributed by atoms with Crippen molar-refractivity contribution in [3.8, 4) is 0 Å². The molecule has 0 saturated heterocycles. The van der Waals surface area contributed by atoms with Crippen LogP contribution in [-0.4, -0.2) is 16.9 Å². The highest BCUT2D eigenvalue weighted by Gasteiger charge is 2.40. The largest absolute Gasteiger partial charge is 0.435 e. The second kappa shape index (κ2) is 7.38. The fourth-order valence-electron chi connectivity index (χ4n) is 3.46. The molecule has 1 N–H and O–H groups in total. The van der Waals surface area contributed by atoms with Crippen molar-refractivity contribution in [1.82, 2.24) is 10.3 Å². The van der Waals surface area contributed by atoms with Crippen molar-refractivity contribution in [2.24, 2.45) is 0 Å². The number of nitrogens with one attached hydrogen (secondary N) is 1. The molecule has 1 aromatic heterocycles. The summed E-state index contributed by atoms with van der Waals surface area (Å²) in [6.45, 7) is 1.39. The fraction of sp³-hybridized carbons (Fsp3) is 0.444. The summed E-state index contributed by atoms with van der Waals surface area (Å²) in [4.78, 5) is 15.4. The second-order valence-electron chi connectivity index (χ2n) is 6.65. The summed E-state index contributed by atoms with van der Waals surface area (Å²) in [6.07, 6.45) is -7.30. The summed E-state index contributed by atoms with van der Waals surface area (Å²) in [5.41, 5.74) is -1.37. The van der Waals surface area contributed by atoms with E-state index in [0.29, 0.717) is 36.2 Å². The highest BCUT2D eigenvalue weighted by atomic mass is 32.1. The number of carbonyl (C=O) groups is 1. The molecule has 3 nitrogen and oxygen atoms in total. The van der Waals surface area contributed by atoms with Crippen molar-refractivity contribution < 1.29 is 31.1 Å². The third kappa shape index (κ3) is 4.31. The van der Waals surface area contributed by atoms with Crippen LogP contribution in [-0.2, 0) is 12.4 Å². The number of rotatable bonds is 3. The lowest BCUT2D eigenvalue weighted by molar-refractivity contribution is -0.141. The Labute approximate surface area is 160 Å². The molecule has 1 heterocycles. The number of alkyl halides is 6. The van der Waals surface area contributed by atoms with Gasteiger partial charge in [-0.1, -0.05) is 18.6 Å². The highest BCUT2D eigenvalue weighted by Crippen LogP contribution is 2.38. The van der Waals surface area contributed by atoms with Gasteiger partial charge in [0.25, 0.3) is 5.91 Å². The fourth-order valence-corrected chi connectivity index (χ4v) is 4.30. The molecule has 1 aromatic carbocycles. The molecule has 2 unspecified atom stereocenters. The quantitative estimate of drug-likeness (QED) is 0.659. The van der Waals surface area contributed by atoms with Gasteiger partial charge in [-0.2, -0.15) is 26.3 Å². The van der Waals surface area contributed by atoms with Gasteiger partial charge in [-0.15, -0.1) is 11.3 Å². The Morgan fingerprint density at radius 1 is 1.07 bits per heavy atom. The molecular formula is C18H16F6N2OS. The average molecular weight is 422 g/mol. The lowest BCUT2D eigenvalue weighted by Crippen LogP contribution is -2.37. The average Bonchev–Trinajstić information content (AvgIpc) is 3.20. The zero-order valence-corrected chi connectivity index (χ0v) is 15.4. The molecule has 152 valence electrons. The van der Waals surface area contributed by atoms with E-state index in [1.807, 2.05) is 0 Å². The number of benzene rings is 1. The minimum Gasteiger partial charge on any atom is -0.348 e. The Kier molecular flexibility index (Phi) is 5.44. The van der Waals surface area contributed by atoms with E-state index in [1.165, 1.54) is 19.1 Å². The molecule has 10 heteroatoms. The Morgan fingerprint density at radius 2 is 1.71 bits per heavy atom. The zero-order chi connectivity index (χ0) is 20.7. The molecule has 1 aliphatic carbocycles. The van der Waals surface area contributed by atoms with Crippen LogP contribution >= 0.6 is 11.3 Å². The van der Waals surface area contributed by atoms with E-state index in [0.717, 1.165) is 12.1 Å². The van der Waals surface area contributed by atoms with E-state index in [-0.39, 0.29) is 10.9 Å². The molecule has 0 radical (unpaired) electrons. The zero-order valence-electron chi connectivity index (χ0n) is 14.6. The van der Waals surface area contributed by atoms with Crippen LogP contribution in [0.25, 0.3) is 0 Å². The number of aromatic nitrogens is 1. The van der Waals surface area contributed by atoms with E-state index in [1.54, 1.807) is 0 Å². The number of halogens is 6. The van der Waals surface area contributed by atoms with E-state index < -0.39 is 40.4 Å². The number of nitrogens with zero attached hydrogens (tertiary/aromatic N) is 1. The Balaban J connectivity index is 1.78. The van der Waals surface area contributed by atoms with Gasteiger partial charge in [-0.05, 0) is 37.5 Å². The molecule has 0 aliphatic heterocycles. The lowest BCUT2D eigenvalue weighted by atomic mass is 9.93. The van der Waals surface area contributed by atoms with Crippen molar-refractivity contribution in [2.75, 3.05) is 0 Å². The molecule has 1 aliphatic rings. The summed E-state index contributed by atoms with van der Waals surface area (Å²) in [7, 11) is 0. The molecule has 3 rings (SSSR count). The molecule has 2 aromatic rings. The minimum absolute atomic E-state index is 0.128. The van der Waals surface area contributed by atoms with Crippen LogP contribution in [0.2, 0.25) is 0 Å². The summed E-state index contributed by atoms with van der Waals surface area (Å²) in [5, 5.41) is 2.75. The predicted octanol–water partition coefficient (Wildman–Crippen LogP) is 5.56. The maximum Gasteiger partial charge on any atom is 0.435 e. The normalized spacial score (nSPS) is 20.4. The first-order chi connectivity index (χ1) is 13.0. The van der Waals surface area contributed by atoms with Crippen molar-refractivity contribution in [3.63, 3.8) is 0 Å². The maximum atomic E-state index is 13.1. The van der Waals surface area contributed by atoms with Gasteiger partial charge in [0.2, 0.25) is 0 Å². The predicted molar refractivity (Wildman–Crippen MR) is 91.1 cm³/mol. The topological polar surface area (TPSA) is 42.0 Å². The maximum absolute atomic E-state index is 13.1. The van der Waals surface area contributed by atoms with Gasteiger partial charge in [0.15, 0.2) is 5.69 Å². The molecule has 1 fully saturated rings. The number of aryl methyl sites for hydroxylation is 1. The Bertz CT molecular complexity index is 856. The Hall–Kier alpha value is -2.10. The van der Waals surface area contributed by atoms with Gasteiger partial charge in [0, 0.05) is 12.0 Å². The summed E-state index contributed by atoms with van der Waals surface area (Å²) >= 11 is 0.666. The van der Waals surface area contributed by atoms with Crippen molar-refractivity contribution in [1.29, 1.82) is 0 Å². The molecule has 2 atom stereocenters. The van der Waals surface area contributed by atoms with Crippen LogP contribution in [0.3, 0.4) is 0 Å². The SMILES string of the molecule is Cc1nc(C(F)(F)F)c(C(=O)NC2CCCC2c2ccc(C(F)(F)F)cc2)s1. The van der Waals surface area contributed by atoms with Crippen LogP contribution in [0.5, 0.6) is 0 Å². The summed E-state index contributed by atoms with van der Waals surface area (Å²) in [5.74, 6) is -1.11. The minimum atomic E-state index is -4.74. The second-order valence-corrected chi connectivity index (χ2v) is 7.85. The van der Waals surface area contributed by atoms with Gasteiger partial charge in [-0.25, -0.2) is 4.98 Å². The summed E-state index contributed by atoms with van der Waals surface area (Å²) in [6, 6.07) is 4.21. The molecule has 0 spiro atoms. The van der Waals surface area contributed by atoms with Gasteiger partial charge in [0.1, 0.15) is 4.88 Å². The van der Waals surface area contributed by atoms with Crippen LogP contribution in [0.1, 0.15) is 56.7 Å². The molecular weight excluding hydrogens is 406 g/mol. The first-order valence-corrected chi connectivity index (χ1v) is 9.31. The monoisotopic (exact) mass is 422 g/mol. The third-order valence-electron chi connectivity index (χ3n) is 4.71. The van der Waals surface area contributed by atoms with E-state index in [9.17, 15) is 31.1 Å². The number of hydrogen-bond donors (Lipinski definition) is 1. The van der Waals surface area contributed by atoms with Gasteiger partial charge in [0.05, 0.1) is 10.6 Å². The number of carbonyl (C=O) groups excluding carboxylic acids is 1. The molecule has 1 saturated carbocycles.